The van der Waals surface area contributed by atoms with Crippen LogP contribution in [0.3, 0.4) is 0 Å². The zero-order valence-electron chi connectivity index (χ0n) is 81.8. The van der Waals surface area contributed by atoms with Crippen molar-refractivity contribution in [2.75, 3.05) is 260 Å². The Bertz CT molecular complexity index is 3340. The molecule has 0 saturated carbocycles. The number of likely N-dealkylation sites (N-methyl/N-ethyl adjacent to an activating group) is 2. The third-order valence-corrected chi connectivity index (χ3v) is 20.9. The lowest BCUT2D eigenvalue weighted by atomic mass is 9.89. The Morgan fingerprint density at radius 1 is 0.477 bits per heavy atom. The van der Waals surface area contributed by atoms with Crippen LogP contribution in [0.2, 0.25) is 0 Å². The number of methoxy groups -OCH3 is 3. The summed E-state index contributed by atoms with van der Waals surface area (Å²) in [6, 6.07) is 3.02. The highest BCUT2D eigenvalue weighted by Crippen LogP contribution is 2.30. The van der Waals surface area contributed by atoms with Crippen LogP contribution in [0.25, 0.3) is 0 Å². The van der Waals surface area contributed by atoms with E-state index >= 15 is 0 Å². The lowest BCUT2D eigenvalue weighted by molar-refractivity contribution is -0.148. The summed E-state index contributed by atoms with van der Waals surface area (Å²) in [5, 5.41) is 23.8. The summed E-state index contributed by atoms with van der Waals surface area (Å²) in [5.41, 5.74) is 0.689. The van der Waals surface area contributed by atoms with E-state index in [1.54, 1.807) is 30.9 Å². The van der Waals surface area contributed by atoms with Crippen molar-refractivity contribution in [2.45, 2.75) is 188 Å². The monoisotopic (exact) mass is 1890 g/mol. The third-order valence-electron chi connectivity index (χ3n) is 20.9. The van der Waals surface area contributed by atoms with E-state index in [2.05, 4.69) is 47.9 Å². The van der Waals surface area contributed by atoms with Gasteiger partial charge in [0, 0.05) is 86.8 Å². The average Bonchev–Trinajstić information content (AvgIpc) is 0.911. The molecular formula is C91H162N12O29. The molecule has 132 heavy (non-hydrogen) atoms. The molecule has 41 nitrogen and oxygen atoms in total. The smallest absolute Gasteiger partial charge is 0.407 e. The first-order valence-electron chi connectivity index (χ1n) is 46.3. The first-order chi connectivity index (χ1) is 63.2. The summed E-state index contributed by atoms with van der Waals surface area (Å²) in [6.45, 7) is 29.2. The molecule has 1 fully saturated rings. The number of nitrogens with one attached hydrogen (secondary N) is 9. The van der Waals surface area contributed by atoms with E-state index in [1.165, 1.54) is 21.1 Å². The number of esters is 1. The number of ether oxygens (including phenoxy) is 17. The van der Waals surface area contributed by atoms with Gasteiger partial charge in [0.1, 0.15) is 30.8 Å². The molecule has 0 radical (unpaired) electrons. The van der Waals surface area contributed by atoms with Crippen LogP contribution in [0.5, 0.6) is 0 Å². The molecule has 1 aromatic rings. The summed E-state index contributed by atoms with van der Waals surface area (Å²) in [6.07, 6.45) is -1.00. The summed E-state index contributed by atoms with van der Waals surface area (Å²) in [4.78, 5) is 167. The topological polar surface area (TPSA) is 480 Å². The van der Waals surface area contributed by atoms with Crippen molar-refractivity contribution in [1.82, 2.24) is 62.6 Å². The van der Waals surface area contributed by atoms with Crippen LogP contribution in [-0.2, 0) is 140 Å². The highest BCUT2D eigenvalue weighted by molar-refractivity contribution is 5.92. The van der Waals surface area contributed by atoms with Gasteiger partial charge in [-0.05, 0) is 69.0 Å². The minimum atomic E-state index is -1.47. The normalized spacial score (nSPS) is 15.1. The first kappa shape index (κ1) is 120. The van der Waals surface area contributed by atoms with Crippen LogP contribution in [0.4, 0.5) is 4.79 Å². The van der Waals surface area contributed by atoms with Crippen molar-refractivity contribution >= 4 is 71.1 Å². The van der Waals surface area contributed by atoms with Gasteiger partial charge < -0.3 is 138 Å². The second kappa shape index (κ2) is 73.4. The van der Waals surface area contributed by atoms with Gasteiger partial charge in [-0.25, -0.2) is 9.59 Å². The van der Waals surface area contributed by atoms with Crippen LogP contribution in [-0.4, -0.2) is 400 Å². The second-order valence-electron chi connectivity index (χ2n) is 34.0. The summed E-state index contributed by atoms with van der Waals surface area (Å²) < 4.78 is 93.8. The standard InChI is InChI=1S/C91H162N12O29/c1-18-67(6)82(102(14)88(113)80(65(2)3)100-87(112)81(66(4)5)101(12)13)74(117-16)61-79(108)103-34-22-26-73(103)83(118-17)68(7)84(109)99-71(60-70-24-20-19-21-25-70)85(110)93-30-23-35-131-89(114)69(8)97-77(106)28-32-95-90(115)132-63-72(98-78(107)62-96-75(104)27-31-92-76(105)29-36-130-64-91(9,10)11)86(111)94-33-37-119-40-41-121-44-45-123-48-49-125-52-53-127-56-57-129-59-58-128-55-54-126-51-50-124-47-46-122-43-42-120-39-38-116-15/h19-21,24-25,65-69,71-74,80-83H,18,22-23,26-64H2,1-17H3,(H,92,105)(H,93,110)(H,94,111)(H,95,115)(H,96,104)(H,97,106)(H,98,107)(H,99,109)(H,100,112)/t67-,68+,69?,71-,72?,73-,74+,80?,81-,82-,83+/m0/s1. The van der Waals surface area contributed by atoms with Gasteiger partial charge in [0.2, 0.25) is 59.1 Å². The Morgan fingerprint density at radius 2 is 0.977 bits per heavy atom. The van der Waals surface area contributed by atoms with Gasteiger partial charge in [0.15, 0.2) is 0 Å². The van der Waals surface area contributed by atoms with Gasteiger partial charge in [-0.2, -0.15) is 0 Å². The van der Waals surface area contributed by atoms with Crippen LogP contribution in [0.1, 0.15) is 133 Å². The predicted octanol–water partition coefficient (Wildman–Crippen LogP) is 1.54. The Hall–Kier alpha value is -7.98. The SMILES string of the molecule is CC[C@H](C)[C@@H]([C@@H](CC(=O)N1CCC[C@H]1[C@H](OC)[C@@H](C)C(=O)N[C@@H](Cc1ccccc1)C(=O)NCCCOC(=O)C(C)NC(=O)CCNC(=O)OCC(NC(=O)CNC(=O)CCNC(=O)CCOCC(C)(C)C)C(=O)NCCOCCOCCOCCOCCOCCOCCOCCOCCOCCOCCOCCOC)OC)N(C)C(=O)C(NC(=O)[C@H](C(C)C)N(C)C)C(C)C. The van der Waals surface area contributed by atoms with Crippen molar-refractivity contribution in [3.63, 3.8) is 0 Å². The van der Waals surface area contributed by atoms with Crippen LogP contribution in [0.15, 0.2) is 30.3 Å². The van der Waals surface area contributed by atoms with Crippen molar-refractivity contribution in [3.8, 4) is 0 Å². The zero-order valence-corrected chi connectivity index (χ0v) is 81.8. The van der Waals surface area contributed by atoms with Crippen LogP contribution in [0, 0.1) is 29.1 Å². The molecule has 1 aliphatic heterocycles. The number of amides is 11. The van der Waals surface area contributed by atoms with E-state index in [9.17, 15) is 57.5 Å². The molecule has 1 saturated heterocycles. The maximum absolute atomic E-state index is 14.6. The fourth-order valence-electron chi connectivity index (χ4n) is 13.8. The first-order valence-corrected chi connectivity index (χ1v) is 46.3. The number of carbonyl (C=O) groups excluding carboxylic acids is 12. The maximum Gasteiger partial charge on any atom is 0.407 e. The number of benzene rings is 1. The summed E-state index contributed by atoms with van der Waals surface area (Å²) >= 11 is 0. The van der Waals surface area contributed by atoms with E-state index in [0.29, 0.717) is 158 Å². The molecule has 1 aromatic carbocycles. The lowest BCUT2D eigenvalue weighted by Crippen LogP contribution is -2.59. The van der Waals surface area contributed by atoms with Gasteiger partial charge >= 0.3 is 12.1 Å². The molecule has 11 atom stereocenters. The van der Waals surface area contributed by atoms with Gasteiger partial charge in [0.05, 0.1) is 221 Å². The minimum Gasteiger partial charge on any atom is -0.464 e. The fourth-order valence-corrected chi connectivity index (χ4v) is 13.8. The average molecular weight is 1890 g/mol. The molecular weight excluding hydrogens is 1730 g/mol. The predicted molar refractivity (Wildman–Crippen MR) is 489 cm³/mol. The molecule has 1 heterocycles. The molecule has 3 unspecified atom stereocenters. The highest BCUT2D eigenvalue weighted by Gasteiger charge is 2.44. The number of hydrogen-bond acceptors (Lipinski definition) is 30. The quantitative estimate of drug-likeness (QED) is 0.0330. The third kappa shape index (κ3) is 55.1. The number of alkyl carbamates (subject to hydrolysis) is 1. The molecule has 11 amide bonds. The lowest BCUT2D eigenvalue weighted by Gasteiger charge is -2.41. The van der Waals surface area contributed by atoms with E-state index in [0.717, 1.165) is 5.56 Å². The van der Waals surface area contributed by atoms with Gasteiger partial charge in [-0.1, -0.05) is 106 Å². The fraction of sp³-hybridized carbons (Fsp3) is 0.802. The number of rotatable bonds is 79. The van der Waals surface area contributed by atoms with Crippen molar-refractivity contribution in [1.29, 1.82) is 0 Å². The minimum absolute atomic E-state index is 0.0115. The van der Waals surface area contributed by atoms with Crippen LogP contribution < -0.4 is 47.9 Å². The summed E-state index contributed by atoms with van der Waals surface area (Å²) in [7, 11) is 9.96. The molecule has 760 valence electrons. The Labute approximate surface area is 782 Å². The van der Waals surface area contributed by atoms with E-state index in [-0.39, 0.29) is 151 Å². The second-order valence-corrected chi connectivity index (χ2v) is 34.0. The molecule has 0 aromatic heterocycles. The summed E-state index contributed by atoms with van der Waals surface area (Å²) in [5.74, 6) is -6.99. The van der Waals surface area contributed by atoms with Crippen molar-refractivity contribution in [2.24, 2.45) is 29.1 Å². The molecule has 2 rings (SSSR count). The number of hydrogen-bond donors (Lipinski definition) is 9. The van der Waals surface area contributed by atoms with Crippen molar-refractivity contribution in [3.05, 3.63) is 35.9 Å². The molecule has 0 bridgehead atoms. The Kier molecular flexibility index (Phi) is 66.7. The van der Waals surface area contributed by atoms with Gasteiger partial charge in [-0.15, -0.1) is 0 Å². The van der Waals surface area contributed by atoms with Crippen LogP contribution >= 0.6 is 0 Å². The zero-order chi connectivity index (χ0) is 97.9. The van der Waals surface area contributed by atoms with Gasteiger partial charge in [-0.3, -0.25) is 52.8 Å². The van der Waals surface area contributed by atoms with E-state index in [4.69, 9.17) is 80.5 Å². The largest absolute Gasteiger partial charge is 0.464 e. The molecule has 9 N–H and O–H groups in total. The number of carbonyl (C=O) groups is 12. The van der Waals surface area contributed by atoms with Gasteiger partial charge in [0.25, 0.3) is 0 Å². The molecule has 1 aliphatic rings. The Balaban J connectivity index is 1.85. The number of likely N-dealkylation sites (tertiary alicyclic amines) is 1. The maximum atomic E-state index is 14.6. The molecule has 0 spiro atoms. The Morgan fingerprint density at radius 3 is 1.47 bits per heavy atom. The van der Waals surface area contributed by atoms with E-state index < -0.39 is 121 Å². The van der Waals surface area contributed by atoms with E-state index in [1.807, 2.05) is 112 Å². The number of nitrogens with zero attached hydrogens (tertiary/aromatic N) is 3. The highest BCUT2D eigenvalue weighted by atomic mass is 16.6. The molecule has 0 aliphatic carbocycles. The molecule has 41 heteroatoms. The van der Waals surface area contributed by atoms with Crippen molar-refractivity contribution < 1.29 is 138 Å².